The van der Waals surface area contributed by atoms with Gasteiger partial charge in [-0.3, -0.25) is 9.59 Å². The van der Waals surface area contributed by atoms with Crippen molar-refractivity contribution < 1.29 is 4.79 Å². The summed E-state index contributed by atoms with van der Waals surface area (Å²) in [6.07, 6.45) is 2.56. The standard InChI is InChI=1S/C12H13N3O2S/c1-7-8-10(13-6-14(2)11(8)16)18-9(7)12(17)15-4-3-5-15/h6H,3-5H2,1-2H3. The highest BCUT2D eigenvalue weighted by molar-refractivity contribution is 7.20. The Morgan fingerprint density at radius 3 is 2.78 bits per heavy atom. The fourth-order valence-corrected chi connectivity index (χ4v) is 3.18. The molecule has 1 fully saturated rings. The molecule has 0 atom stereocenters. The Morgan fingerprint density at radius 1 is 1.44 bits per heavy atom. The van der Waals surface area contributed by atoms with Crippen molar-refractivity contribution in [3.05, 3.63) is 27.1 Å². The zero-order valence-electron chi connectivity index (χ0n) is 10.3. The number of aromatic nitrogens is 2. The predicted octanol–water partition coefficient (Wildman–Crippen LogP) is 1.15. The normalized spacial score (nSPS) is 14.9. The average Bonchev–Trinajstić information content (AvgIpc) is 2.59. The lowest BCUT2D eigenvalue weighted by molar-refractivity contribution is 0.0656. The molecule has 0 bridgehead atoms. The number of likely N-dealkylation sites (tertiary alicyclic amines) is 1. The third-order valence-electron chi connectivity index (χ3n) is 3.35. The molecule has 0 spiro atoms. The summed E-state index contributed by atoms with van der Waals surface area (Å²) in [7, 11) is 1.67. The summed E-state index contributed by atoms with van der Waals surface area (Å²) >= 11 is 1.32. The molecule has 0 aromatic carbocycles. The number of thiophene rings is 1. The van der Waals surface area contributed by atoms with Crippen LogP contribution in [0.15, 0.2) is 11.1 Å². The first-order valence-corrected chi connectivity index (χ1v) is 6.65. The largest absolute Gasteiger partial charge is 0.338 e. The second-order valence-electron chi connectivity index (χ2n) is 4.54. The Hall–Kier alpha value is -1.69. The van der Waals surface area contributed by atoms with Crippen LogP contribution in [-0.4, -0.2) is 33.4 Å². The first kappa shape index (κ1) is 11.4. The van der Waals surface area contributed by atoms with Crippen LogP contribution in [-0.2, 0) is 7.05 Å². The number of amides is 1. The minimum absolute atomic E-state index is 0.0313. The zero-order chi connectivity index (χ0) is 12.9. The fraction of sp³-hybridized carbons (Fsp3) is 0.417. The number of fused-ring (bicyclic) bond motifs is 1. The van der Waals surface area contributed by atoms with Gasteiger partial charge in [-0.05, 0) is 18.9 Å². The lowest BCUT2D eigenvalue weighted by atomic mass is 10.1. The van der Waals surface area contributed by atoms with Crippen molar-refractivity contribution in [3.63, 3.8) is 0 Å². The molecule has 18 heavy (non-hydrogen) atoms. The third-order valence-corrected chi connectivity index (χ3v) is 4.54. The van der Waals surface area contributed by atoms with Crippen molar-refractivity contribution in [3.8, 4) is 0 Å². The number of hydrogen-bond donors (Lipinski definition) is 0. The van der Waals surface area contributed by atoms with Crippen LogP contribution in [0.5, 0.6) is 0 Å². The van der Waals surface area contributed by atoms with Gasteiger partial charge >= 0.3 is 0 Å². The fourth-order valence-electron chi connectivity index (χ4n) is 2.08. The monoisotopic (exact) mass is 263 g/mol. The minimum Gasteiger partial charge on any atom is -0.338 e. The number of carbonyl (C=O) groups excluding carboxylic acids is 1. The first-order chi connectivity index (χ1) is 8.59. The SMILES string of the molecule is Cc1c(C(=O)N2CCC2)sc2ncn(C)c(=O)c12. The molecule has 0 saturated carbocycles. The lowest BCUT2D eigenvalue weighted by Crippen LogP contribution is -2.41. The minimum atomic E-state index is -0.0867. The molecule has 1 aliphatic rings. The number of rotatable bonds is 1. The molecular formula is C12H13N3O2S. The van der Waals surface area contributed by atoms with E-state index in [9.17, 15) is 9.59 Å². The van der Waals surface area contributed by atoms with Crippen LogP contribution in [0.1, 0.15) is 21.7 Å². The summed E-state index contributed by atoms with van der Waals surface area (Å²) in [4.78, 5) is 31.6. The van der Waals surface area contributed by atoms with Crippen molar-refractivity contribution in [1.29, 1.82) is 0 Å². The van der Waals surface area contributed by atoms with E-state index in [-0.39, 0.29) is 11.5 Å². The Bertz CT molecular complexity index is 697. The molecule has 1 amide bonds. The molecule has 5 nitrogen and oxygen atoms in total. The molecule has 6 heteroatoms. The second kappa shape index (κ2) is 3.91. The molecule has 1 aliphatic heterocycles. The van der Waals surface area contributed by atoms with Crippen molar-refractivity contribution in [1.82, 2.24) is 14.5 Å². The summed E-state index contributed by atoms with van der Waals surface area (Å²) in [5.74, 6) is 0.0313. The lowest BCUT2D eigenvalue weighted by Gasteiger charge is -2.30. The Morgan fingerprint density at radius 2 is 2.17 bits per heavy atom. The van der Waals surface area contributed by atoms with E-state index >= 15 is 0 Å². The average molecular weight is 263 g/mol. The van der Waals surface area contributed by atoms with Crippen LogP contribution in [0, 0.1) is 6.92 Å². The zero-order valence-corrected chi connectivity index (χ0v) is 11.1. The molecular weight excluding hydrogens is 250 g/mol. The Kier molecular flexibility index (Phi) is 2.48. The number of nitrogens with zero attached hydrogens (tertiary/aromatic N) is 3. The van der Waals surface area contributed by atoms with Gasteiger partial charge in [0, 0.05) is 20.1 Å². The van der Waals surface area contributed by atoms with E-state index in [1.54, 1.807) is 7.05 Å². The van der Waals surface area contributed by atoms with Crippen LogP contribution in [0.4, 0.5) is 0 Å². The Labute approximate surface area is 108 Å². The number of hydrogen-bond acceptors (Lipinski definition) is 4. The molecule has 94 valence electrons. The molecule has 2 aromatic rings. The van der Waals surface area contributed by atoms with E-state index in [2.05, 4.69) is 4.98 Å². The summed E-state index contributed by atoms with van der Waals surface area (Å²) in [5, 5.41) is 0.578. The Balaban J connectivity index is 2.20. The molecule has 0 radical (unpaired) electrons. The summed E-state index contributed by atoms with van der Waals surface area (Å²) in [6.45, 7) is 3.46. The summed E-state index contributed by atoms with van der Waals surface area (Å²) in [6, 6.07) is 0. The van der Waals surface area contributed by atoms with Crippen LogP contribution < -0.4 is 5.56 Å². The smallest absolute Gasteiger partial charge is 0.264 e. The molecule has 0 aliphatic carbocycles. The van der Waals surface area contributed by atoms with E-state index in [1.807, 2.05) is 11.8 Å². The van der Waals surface area contributed by atoms with Crippen LogP contribution in [0.25, 0.3) is 10.2 Å². The van der Waals surface area contributed by atoms with Gasteiger partial charge in [-0.1, -0.05) is 0 Å². The molecule has 3 rings (SSSR count). The van der Waals surface area contributed by atoms with Crippen molar-refractivity contribution in [2.75, 3.05) is 13.1 Å². The quantitative estimate of drug-likeness (QED) is 0.775. The molecule has 3 heterocycles. The van der Waals surface area contributed by atoms with Crippen molar-refractivity contribution >= 4 is 27.5 Å². The highest BCUT2D eigenvalue weighted by Crippen LogP contribution is 2.28. The van der Waals surface area contributed by atoms with Gasteiger partial charge in [0.25, 0.3) is 11.5 Å². The predicted molar refractivity (Wildman–Crippen MR) is 70.1 cm³/mol. The van der Waals surface area contributed by atoms with E-state index < -0.39 is 0 Å². The molecule has 0 unspecified atom stereocenters. The highest BCUT2D eigenvalue weighted by atomic mass is 32.1. The van der Waals surface area contributed by atoms with Gasteiger partial charge in [0.05, 0.1) is 16.6 Å². The molecule has 1 saturated heterocycles. The van der Waals surface area contributed by atoms with Crippen molar-refractivity contribution in [2.24, 2.45) is 7.05 Å². The van der Waals surface area contributed by atoms with Crippen LogP contribution >= 0.6 is 11.3 Å². The maximum atomic E-state index is 12.2. The van der Waals surface area contributed by atoms with Gasteiger partial charge in [-0.25, -0.2) is 4.98 Å². The van der Waals surface area contributed by atoms with Gasteiger partial charge in [0.1, 0.15) is 4.83 Å². The molecule has 2 aromatic heterocycles. The highest BCUT2D eigenvalue weighted by Gasteiger charge is 2.26. The number of carbonyl (C=O) groups is 1. The summed E-state index contributed by atoms with van der Waals surface area (Å²) in [5.41, 5.74) is 0.678. The van der Waals surface area contributed by atoms with Crippen LogP contribution in [0.3, 0.4) is 0 Å². The van der Waals surface area contributed by atoms with E-state index in [0.29, 0.717) is 15.1 Å². The van der Waals surface area contributed by atoms with E-state index in [0.717, 1.165) is 25.1 Å². The van der Waals surface area contributed by atoms with Gasteiger partial charge in [0.15, 0.2) is 0 Å². The van der Waals surface area contributed by atoms with Gasteiger partial charge in [-0.15, -0.1) is 11.3 Å². The van der Waals surface area contributed by atoms with Gasteiger partial charge in [-0.2, -0.15) is 0 Å². The summed E-state index contributed by atoms with van der Waals surface area (Å²) < 4.78 is 1.44. The molecule has 0 N–H and O–H groups in total. The van der Waals surface area contributed by atoms with E-state index in [4.69, 9.17) is 0 Å². The first-order valence-electron chi connectivity index (χ1n) is 5.83. The second-order valence-corrected chi connectivity index (χ2v) is 5.54. The van der Waals surface area contributed by atoms with E-state index in [1.165, 1.54) is 22.2 Å². The number of aryl methyl sites for hydroxylation is 2. The van der Waals surface area contributed by atoms with Crippen molar-refractivity contribution in [2.45, 2.75) is 13.3 Å². The van der Waals surface area contributed by atoms with Gasteiger partial charge < -0.3 is 9.47 Å². The third kappa shape index (κ3) is 1.49. The maximum Gasteiger partial charge on any atom is 0.264 e. The van der Waals surface area contributed by atoms with Crippen LogP contribution in [0.2, 0.25) is 0 Å². The maximum absolute atomic E-state index is 12.2. The topological polar surface area (TPSA) is 55.2 Å². The van der Waals surface area contributed by atoms with Gasteiger partial charge in [0.2, 0.25) is 0 Å².